The highest BCUT2D eigenvalue weighted by Gasteiger charge is 2.35. The van der Waals surface area contributed by atoms with E-state index in [1.54, 1.807) is 24.3 Å². The average molecular weight is 381 g/mol. The molecule has 0 bridgehead atoms. The van der Waals surface area contributed by atoms with Gasteiger partial charge < -0.3 is 15.5 Å². The highest BCUT2D eigenvalue weighted by atomic mass is 16.2. The van der Waals surface area contributed by atoms with Crippen LogP contribution in [-0.2, 0) is 9.59 Å². The van der Waals surface area contributed by atoms with Crippen LogP contribution in [0.5, 0.6) is 0 Å². The van der Waals surface area contributed by atoms with Crippen molar-refractivity contribution in [2.75, 3.05) is 28.6 Å². The molecule has 0 unspecified atom stereocenters. The number of hydrogen-bond acceptors (Lipinski definition) is 5. The van der Waals surface area contributed by atoms with E-state index in [0.717, 1.165) is 25.9 Å². The summed E-state index contributed by atoms with van der Waals surface area (Å²) in [5, 5.41) is 5.44. The monoisotopic (exact) mass is 381 g/mol. The molecule has 2 aromatic rings. The summed E-state index contributed by atoms with van der Waals surface area (Å²) in [7, 11) is 0. The summed E-state index contributed by atoms with van der Waals surface area (Å²) >= 11 is 0. The Kier molecular flexibility index (Phi) is 4.85. The molecular formula is C20H23N5O3. The molecule has 2 amide bonds. The highest BCUT2D eigenvalue weighted by molar-refractivity contribution is 6.04. The van der Waals surface area contributed by atoms with Crippen molar-refractivity contribution in [3.63, 3.8) is 0 Å². The predicted molar refractivity (Wildman–Crippen MR) is 107 cm³/mol. The zero-order valence-electron chi connectivity index (χ0n) is 15.7. The van der Waals surface area contributed by atoms with Gasteiger partial charge >= 0.3 is 0 Å². The van der Waals surface area contributed by atoms with Crippen LogP contribution in [0.2, 0.25) is 0 Å². The number of benzene rings is 1. The lowest BCUT2D eigenvalue weighted by molar-refractivity contribution is -0.123. The Balaban J connectivity index is 1.65. The van der Waals surface area contributed by atoms with Crippen LogP contribution < -0.4 is 21.1 Å². The first-order chi connectivity index (χ1) is 13.5. The second-order valence-corrected chi connectivity index (χ2v) is 7.51. The lowest BCUT2D eigenvalue weighted by Crippen LogP contribution is -2.40. The predicted octanol–water partition coefficient (Wildman–Crippen LogP) is 2.07. The largest absolute Gasteiger partial charge is 0.342 e. The lowest BCUT2D eigenvalue weighted by atomic mass is 9.92. The van der Waals surface area contributed by atoms with Gasteiger partial charge in [-0.25, -0.2) is 0 Å². The van der Waals surface area contributed by atoms with Crippen molar-refractivity contribution < 1.29 is 9.59 Å². The van der Waals surface area contributed by atoms with Crippen LogP contribution in [0.15, 0.2) is 35.1 Å². The summed E-state index contributed by atoms with van der Waals surface area (Å²) in [5.41, 5.74) is 0.441. The van der Waals surface area contributed by atoms with Gasteiger partial charge in [0.05, 0.1) is 11.5 Å². The third-order valence-electron chi connectivity index (χ3n) is 5.25. The number of para-hydroxylation sites is 1. The maximum Gasteiger partial charge on any atom is 0.258 e. The Bertz CT molecular complexity index is 956. The number of piperidine rings is 1. The van der Waals surface area contributed by atoms with Gasteiger partial charge in [0.2, 0.25) is 17.8 Å². The molecule has 2 aliphatic rings. The fourth-order valence-electron chi connectivity index (χ4n) is 3.87. The van der Waals surface area contributed by atoms with Crippen molar-refractivity contribution in [1.29, 1.82) is 0 Å². The molecule has 146 valence electrons. The van der Waals surface area contributed by atoms with Crippen LogP contribution in [0.1, 0.15) is 37.7 Å². The topological polar surface area (TPSA) is 107 Å². The molecule has 0 spiro atoms. The molecule has 1 fully saturated rings. The van der Waals surface area contributed by atoms with Crippen molar-refractivity contribution in [2.24, 2.45) is 5.92 Å². The maximum absolute atomic E-state index is 12.8. The van der Waals surface area contributed by atoms with E-state index < -0.39 is 11.8 Å². The molecule has 0 aliphatic carbocycles. The fraction of sp³-hybridized carbons (Fsp3) is 0.400. The van der Waals surface area contributed by atoms with Crippen LogP contribution in [0, 0.1) is 5.92 Å². The minimum atomic E-state index is -0.880. The molecule has 4 rings (SSSR count). The third-order valence-corrected chi connectivity index (χ3v) is 5.25. The summed E-state index contributed by atoms with van der Waals surface area (Å²) in [6, 6.07) is 8.96. The van der Waals surface area contributed by atoms with Crippen molar-refractivity contribution in [3.05, 3.63) is 46.2 Å². The quantitative estimate of drug-likeness (QED) is 0.754. The molecule has 3 N–H and O–H groups in total. The van der Waals surface area contributed by atoms with Crippen LogP contribution in [0.3, 0.4) is 0 Å². The van der Waals surface area contributed by atoms with Gasteiger partial charge in [-0.05, 0) is 30.9 Å². The lowest BCUT2D eigenvalue weighted by Gasteiger charge is -2.32. The smallest absolute Gasteiger partial charge is 0.258 e. The van der Waals surface area contributed by atoms with Crippen molar-refractivity contribution in [1.82, 2.24) is 9.97 Å². The molecule has 0 saturated carbocycles. The number of fused-ring (bicyclic) bond motifs is 1. The maximum atomic E-state index is 12.8. The van der Waals surface area contributed by atoms with E-state index in [4.69, 9.17) is 0 Å². The number of H-pyrrole nitrogens is 1. The Labute approximate surface area is 162 Å². The highest BCUT2D eigenvalue weighted by Crippen LogP contribution is 2.30. The minimum Gasteiger partial charge on any atom is -0.342 e. The molecule has 8 heteroatoms. The number of carbonyl (C=O) groups excluding carboxylic acids is 2. The molecule has 1 saturated heterocycles. The SMILES string of the molecule is C[C@@H]1CCCN(c2nc3c(c(=O)[nH]2)[C@@H](C(=O)Nc2ccccc2)CC(=O)N3)C1. The van der Waals surface area contributed by atoms with E-state index in [1.165, 1.54) is 0 Å². The molecule has 1 aromatic heterocycles. The Morgan fingerprint density at radius 2 is 2.04 bits per heavy atom. The first-order valence-electron chi connectivity index (χ1n) is 9.56. The summed E-state index contributed by atoms with van der Waals surface area (Å²) in [6.07, 6.45) is 2.08. The zero-order chi connectivity index (χ0) is 19.7. The molecule has 28 heavy (non-hydrogen) atoms. The number of anilines is 3. The number of nitrogens with one attached hydrogen (secondary N) is 3. The van der Waals surface area contributed by atoms with Gasteiger partial charge in [-0.3, -0.25) is 19.4 Å². The number of amides is 2. The van der Waals surface area contributed by atoms with Crippen molar-refractivity contribution in [3.8, 4) is 0 Å². The second kappa shape index (κ2) is 7.46. The number of rotatable bonds is 3. The van der Waals surface area contributed by atoms with Gasteiger partial charge in [-0.1, -0.05) is 25.1 Å². The second-order valence-electron chi connectivity index (χ2n) is 7.51. The molecule has 3 heterocycles. The van der Waals surface area contributed by atoms with Gasteiger partial charge in [0, 0.05) is 25.2 Å². The van der Waals surface area contributed by atoms with E-state index in [0.29, 0.717) is 17.6 Å². The number of carbonyl (C=O) groups is 2. The summed E-state index contributed by atoms with van der Waals surface area (Å²) < 4.78 is 0. The summed E-state index contributed by atoms with van der Waals surface area (Å²) in [4.78, 5) is 47.1. The van der Waals surface area contributed by atoms with Gasteiger partial charge in [0.25, 0.3) is 5.56 Å². The number of nitrogens with zero attached hydrogens (tertiary/aromatic N) is 2. The normalized spacial score (nSPS) is 21.6. The van der Waals surface area contributed by atoms with Gasteiger partial charge in [-0.15, -0.1) is 0 Å². The molecule has 2 atom stereocenters. The van der Waals surface area contributed by atoms with E-state index in [1.807, 2.05) is 11.0 Å². The Morgan fingerprint density at radius 1 is 1.25 bits per heavy atom. The van der Waals surface area contributed by atoms with Gasteiger partial charge in [0.1, 0.15) is 5.82 Å². The minimum absolute atomic E-state index is 0.0868. The molecule has 8 nitrogen and oxygen atoms in total. The number of hydrogen-bond donors (Lipinski definition) is 3. The van der Waals surface area contributed by atoms with E-state index in [-0.39, 0.29) is 29.3 Å². The third kappa shape index (κ3) is 3.62. The van der Waals surface area contributed by atoms with Crippen LogP contribution in [-0.4, -0.2) is 34.9 Å². The Hall–Kier alpha value is -3.16. The first kappa shape index (κ1) is 18.2. The standard InChI is InChI=1S/C20H23N5O3/c1-12-6-5-9-25(11-12)20-23-17-16(19(28)24-20)14(10-15(26)22-17)18(27)21-13-7-3-2-4-8-13/h2-4,7-8,12,14H,5-6,9-11H2,1H3,(H,21,27)(H2,22,23,24,26,28)/t12-,14+/m1/s1. The van der Waals surface area contributed by atoms with E-state index in [2.05, 4.69) is 27.5 Å². The van der Waals surface area contributed by atoms with Crippen LogP contribution in [0.25, 0.3) is 0 Å². The summed E-state index contributed by atoms with van der Waals surface area (Å²) in [5.74, 6) is -0.463. The van der Waals surface area contributed by atoms with E-state index >= 15 is 0 Å². The van der Waals surface area contributed by atoms with Gasteiger partial charge in [0.15, 0.2) is 0 Å². The van der Waals surface area contributed by atoms with Crippen molar-refractivity contribution >= 4 is 29.3 Å². The first-order valence-corrected chi connectivity index (χ1v) is 9.56. The van der Waals surface area contributed by atoms with Crippen molar-refractivity contribution in [2.45, 2.75) is 32.1 Å². The van der Waals surface area contributed by atoms with Gasteiger partial charge in [-0.2, -0.15) is 4.98 Å². The van der Waals surface area contributed by atoms with Crippen LogP contribution in [0.4, 0.5) is 17.5 Å². The Morgan fingerprint density at radius 3 is 2.79 bits per heavy atom. The summed E-state index contributed by atoms with van der Waals surface area (Å²) in [6.45, 7) is 3.76. The molecular weight excluding hydrogens is 358 g/mol. The molecule has 0 radical (unpaired) electrons. The fourth-order valence-corrected chi connectivity index (χ4v) is 3.87. The molecule has 2 aliphatic heterocycles. The number of aromatic nitrogens is 2. The number of aromatic amines is 1. The average Bonchev–Trinajstić information content (AvgIpc) is 2.67. The van der Waals surface area contributed by atoms with Crippen LogP contribution >= 0.6 is 0 Å². The molecule has 1 aromatic carbocycles. The zero-order valence-corrected chi connectivity index (χ0v) is 15.7. The van der Waals surface area contributed by atoms with E-state index in [9.17, 15) is 14.4 Å².